The van der Waals surface area contributed by atoms with E-state index in [1.54, 1.807) is 0 Å². The molecule has 2 aliphatic rings. The van der Waals surface area contributed by atoms with Crippen molar-refractivity contribution in [3.05, 3.63) is 35.4 Å². The highest BCUT2D eigenvalue weighted by Gasteiger charge is 2.43. The minimum atomic E-state index is -1.24. The van der Waals surface area contributed by atoms with Gasteiger partial charge in [0.1, 0.15) is 0 Å². The molecule has 1 N–H and O–H groups in total. The zero-order chi connectivity index (χ0) is 20.1. The first-order chi connectivity index (χ1) is 13.4. The number of aliphatic hydroxyl groups is 1. The monoisotopic (exact) mass is 387 g/mol. The fourth-order valence-electron chi connectivity index (χ4n) is 4.46. The lowest BCUT2D eigenvalue weighted by atomic mass is 9.90. The smallest absolute Gasteiger partial charge is 0.256 e. The Bertz CT molecular complexity index is 646. The van der Waals surface area contributed by atoms with Crippen LogP contribution in [0.1, 0.15) is 57.1 Å². The van der Waals surface area contributed by atoms with E-state index < -0.39 is 5.60 Å². The molecule has 5 heteroatoms. The van der Waals surface area contributed by atoms with Gasteiger partial charge in [-0.25, -0.2) is 0 Å². The molecule has 0 aliphatic carbocycles. The number of rotatable bonds is 6. The van der Waals surface area contributed by atoms with E-state index in [4.69, 9.17) is 0 Å². The van der Waals surface area contributed by atoms with Gasteiger partial charge in [-0.15, -0.1) is 0 Å². The first-order valence-electron chi connectivity index (χ1n) is 11.0. The van der Waals surface area contributed by atoms with E-state index in [2.05, 4.69) is 54.8 Å². The Morgan fingerprint density at radius 2 is 1.68 bits per heavy atom. The van der Waals surface area contributed by atoms with Gasteiger partial charge in [0.2, 0.25) is 0 Å². The summed E-state index contributed by atoms with van der Waals surface area (Å²) in [5, 5.41) is 11.2. The summed E-state index contributed by atoms with van der Waals surface area (Å²) in [6, 6.07) is 8.53. The number of carbonyl (C=O) groups is 1. The van der Waals surface area contributed by atoms with Crippen LogP contribution in [-0.2, 0) is 11.3 Å². The van der Waals surface area contributed by atoms with Gasteiger partial charge in [-0.3, -0.25) is 9.69 Å². The summed E-state index contributed by atoms with van der Waals surface area (Å²) in [5.74, 6) is 0.413. The van der Waals surface area contributed by atoms with Crippen LogP contribution in [0.5, 0.6) is 0 Å². The summed E-state index contributed by atoms with van der Waals surface area (Å²) < 4.78 is 0. The van der Waals surface area contributed by atoms with Crippen molar-refractivity contribution in [3.63, 3.8) is 0 Å². The van der Waals surface area contributed by atoms with E-state index >= 15 is 0 Å². The largest absolute Gasteiger partial charge is 0.379 e. The molecule has 28 heavy (non-hydrogen) atoms. The normalized spacial score (nSPS) is 25.3. The van der Waals surface area contributed by atoms with Gasteiger partial charge in [0.25, 0.3) is 5.91 Å². The summed E-state index contributed by atoms with van der Waals surface area (Å²) >= 11 is 0. The number of carbonyl (C=O) groups excluding carboxylic acids is 1. The van der Waals surface area contributed by atoms with Crippen LogP contribution in [0.4, 0.5) is 0 Å². The lowest BCUT2D eigenvalue weighted by Crippen LogP contribution is -2.58. The number of nitrogens with zero attached hydrogens (tertiary/aromatic N) is 3. The number of β-amino-alcohol motifs (C(OH)–C–C–N with tert-alkyl or cyclic N) is 1. The van der Waals surface area contributed by atoms with Gasteiger partial charge >= 0.3 is 0 Å². The van der Waals surface area contributed by atoms with Crippen LogP contribution in [0, 0.1) is 0 Å². The predicted octanol–water partition coefficient (Wildman–Crippen LogP) is 2.69. The second-order valence-electron chi connectivity index (χ2n) is 8.82. The Hall–Kier alpha value is -1.43. The quantitative estimate of drug-likeness (QED) is 0.815. The van der Waals surface area contributed by atoms with Crippen LogP contribution >= 0.6 is 0 Å². The van der Waals surface area contributed by atoms with Crippen LogP contribution in [0.15, 0.2) is 24.3 Å². The molecule has 0 spiro atoms. The molecule has 156 valence electrons. The molecule has 5 nitrogen and oxygen atoms in total. The van der Waals surface area contributed by atoms with Crippen molar-refractivity contribution in [2.24, 2.45) is 0 Å². The molecule has 2 aliphatic heterocycles. The summed E-state index contributed by atoms with van der Waals surface area (Å²) in [6.07, 6.45) is 2.54. The minimum absolute atomic E-state index is 0.0942. The molecule has 0 radical (unpaired) electrons. The Morgan fingerprint density at radius 1 is 1.00 bits per heavy atom. The lowest BCUT2D eigenvalue weighted by molar-refractivity contribution is -0.160. The van der Waals surface area contributed by atoms with E-state index in [1.165, 1.54) is 5.56 Å². The molecule has 1 aromatic carbocycles. The topological polar surface area (TPSA) is 47.0 Å². The van der Waals surface area contributed by atoms with Crippen LogP contribution in [-0.4, -0.2) is 77.1 Å². The van der Waals surface area contributed by atoms with Crippen molar-refractivity contribution in [2.45, 2.75) is 58.1 Å². The molecule has 1 amide bonds. The fourth-order valence-corrected chi connectivity index (χ4v) is 4.46. The Labute approximate surface area is 170 Å². The summed E-state index contributed by atoms with van der Waals surface area (Å²) in [5.41, 5.74) is 1.21. The Morgan fingerprint density at radius 3 is 2.36 bits per heavy atom. The average Bonchev–Trinajstić information content (AvgIpc) is 2.91. The maximum Gasteiger partial charge on any atom is 0.256 e. The van der Waals surface area contributed by atoms with Gasteiger partial charge in [-0.05, 0) is 55.9 Å². The van der Waals surface area contributed by atoms with Gasteiger partial charge < -0.3 is 14.9 Å². The highest BCUT2D eigenvalue weighted by molar-refractivity contribution is 5.86. The second kappa shape index (κ2) is 9.38. The number of benzene rings is 1. The van der Waals surface area contributed by atoms with Gasteiger partial charge in [-0.2, -0.15) is 0 Å². The molecule has 2 saturated heterocycles. The number of likely N-dealkylation sites (N-methyl/N-ethyl adjacent to an activating group) is 1. The lowest BCUT2D eigenvalue weighted by Gasteiger charge is -2.40. The van der Waals surface area contributed by atoms with Crippen molar-refractivity contribution in [3.8, 4) is 0 Å². The van der Waals surface area contributed by atoms with Gasteiger partial charge in [0.15, 0.2) is 5.60 Å². The molecule has 1 aromatic rings. The molecule has 2 fully saturated rings. The van der Waals surface area contributed by atoms with E-state index in [0.29, 0.717) is 25.4 Å². The first kappa shape index (κ1) is 21.3. The van der Waals surface area contributed by atoms with Crippen molar-refractivity contribution in [1.82, 2.24) is 14.7 Å². The van der Waals surface area contributed by atoms with Crippen LogP contribution in [0.25, 0.3) is 0 Å². The van der Waals surface area contributed by atoms with Crippen molar-refractivity contribution in [2.75, 3.05) is 45.8 Å². The molecule has 3 rings (SSSR count). The minimum Gasteiger partial charge on any atom is -0.379 e. The second-order valence-corrected chi connectivity index (χ2v) is 8.82. The van der Waals surface area contributed by atoms with E-state index in [-0.39, 0.29) is 5.91 Å². The van der Waals surface area contributed by atoms with Crippen LogP contribution in [0.2, 0.25) is 0 Å². The van der Waals surface area contributed by atoms with E-state index in [1.807, 2.05) is 4.90 Å². The molecular formula is C23H37N3O2. The summed E-state index contributed by atoms with van der Waals surface area (Å²) in [4.78, 5) is 19.7. The highest BCUT2D eigenvalue weighted by Crippen LogP contribution is 2.26. The van der Waals surface area contributed by atoms with Crippen molar-refractivity contribution >= 4 is 5.91 Å². The molecule has 0 bridgehead atoms. The Balaban J connectivity index is 1.62. The number of piperidine rings is 1. The van der Waals surface area contributed by atoms with Crippen LogP contribution in [0.3, 0.4) is 0 Å². The third-order valence-corrected chi connectivity index (χ3v) is 6.34. The number of likely N-dealkylation sites (tertiary alicyclic amines) is 1. The van der Waals surface area contributed by atoms with Gasteiger partial charge in [0, 0.05) is 32.7 Å². The van der Waals surface area contributed by atoms with E-state index in [9.17, 15) is 9.90 Å². The van der Waals surface area contributed by atoms with Crippen molar-refractivity contribution < 1.29 is 9.90 Å². The molecule has 0 saturated carbocycles. The fraction of sp³-hybridized carbons (Fsp3) is 0.696. The first-order valence-corrected chi connectivity index (χ1v) is 11.0. The maximum atomic E-state index is 13.1. The van der Waals surface area contributed by atoms with E-state index in [0.717, 1.165) is 57.7 Å². The average molecular weight is 388 g/mol. The number of hydrogen-bond acceptors (Lipinski definition) is 4. The van der Waals surface area contributed by atoms with Gasteiger partial charge in [0.05, 0.1) is 0 Å². The molecule has 1 atom stereocenters. The zero-order valence-electron chi connectivity index (χ0n) is 17.9. The third kappa shape index (κ3) is 5.13. The van der Waals surface area contributed by atoms with Crippen molar-refractivity contribution in [1.29, 1.82) is 0 Å². The Kier molecular flexibility index (Phi) is 7.13. The zero-order valence-corrected chi connectivity index (χ0v) is 17.9. The predicted molar refractivity (Wildman–Crippen MR) is 113 cm³/mol. The highest BCUT2D eigenvalue weighted by atomic mass is 16.3. The number of amides is 1. The SMILES string of the molecule is CCN1CCCN(C[C@]2(O)CCCN(Cc3ccc(C(C)C)cc3)C2=O)CC1. The van der Waals surface area contributed by atoms with Gasteiger partial charge in [-0.1, -0.05) is 45.0 Å². The third-order valence-electron chi connectivity index (χ3n) is 6.34. The molecular weight excluding hydrogens is 350 g/mol. The molecule has 0 aromatic heterocycles. The van der Waals surface area contributed by atoms with Crippen LogP contribution < -0.4 is 0 Å². The number of hydrogen-bond donors (Lipinski definition) is 1. The maximum absolute atomic E-state index is 13.1. The summed E-state index contributed by atoms with van der Waals surface area (Å²) in [7, 11) is 0. The summed E-state index contributed by atoms with van der Waals surface area (Å²) in [6.45, 7) is 13.4. The standard InChI is InChI=1S/C23H37N3O2/c1-4-24-12-6-13-25(16-15-24)18-23(28)11-5-14-26(22(23)27)17-20-7-9-21(10-8-20)19(2)3/h7-10,19,28H,4-6,11-18H2,1-3H3/t23-/m1/s1. The molecule has 0 unspecified atom stereocenters. The molecule has 2 heterocycles.